The number of nitrogens with two attached hydrogens (primary N) is 1. The first-order valence-corrected chi connectivity index (χ1v) is 6.71. The van der Waals surface area contributed by atoms with Crippen LogP contribution in [0.15, 0.2) is 29.1 Å². The standard InChI is InChI=1S/C15H18N2O2/c16-13(9-18)8-12-7-11-4-1-3-10-5-2-6-17(14(10)11)15(12)19/h1,3-4,7,13,18H,2,5-6,8-9,16H2. The maximum absolute atomic E-state index is 12.5. The van der Waals surface area contributed by atoms with Crippen molar-refractivity contribution in [2.24, 2.45) is 5.73 Å². The van der Waals surface area contributed by atoms with Crippen LogP contribution in [-0.2, 0) is 19.4 Å². The molecule has 4 nitrogen and oxygen atoms in total. The highest BCUT2D eigenvalue weighted by Crippen LogP contribution is 2.24. The second-order valence-electron chi connectivity index (χ2n) is 5.23. The van der Waals surface area contributed by atoms with Crippen molar-refractivity contribution >= 4 is 10.9 Å². The fourth-order valence-electron chi connectivity index (χ4n) is 2.92. The summed E-state index contributed by atoms with van der Waals surface area (Å²) in [4.78, 5) is 12.5. The predicted octanol–water partition coefficient (Wildman–Crippen LogP) is 0.810. The van der Waals surface area contributed by atoms with Crippen LogP contribution in [0.5, 0.6) is 0 Å². The molecule has 100 valence electrons. The number of aliphatic hydroxyl groups excluding tert-OH is 1. The summed E-state index contributed by atoms with van der Waals surface area (Å²) >= 11 is 0. The lowest BCUT2D eigenvalue weighted by molar-refractivity contribution is 0.265. The van der Waals surface area contributed by atoms with Crippen LogP contribution in [0.1, 0.15) is 17.5 Å². The Hall–Kier alpha value is -1.65. The Bertz CT molecular complexity index is 676. The summed E-state index contributed by atoms with van der Waals surface area (Å²) in [7, 11) is 0. The normalized spacial score (nSPS) is 15.7. The third-order valence-electron chi connectivity index (χ3n) is 3.81. The minimum absolute atomic E-state index is 0.0450. The molecule has 0 saturated heterocycles. The van der Waals surface area contributed by atoms with Crippen molar-refractivity contribution in [1.82, 2.24) is 4.57 Å². The molecule has 1 atom stereocenters. The molecule has 1 aromatic heterocycles. The molecule has 4 heteroatoms. The van der Waals surface area contributed by atoms with E-state index >= 15 is 0 Å². The van der Waals surface area contributed by atoms with Gasteiger partial charge in [0.2, 0.25) is 0 Å². The van der Waals surface area contributed by atoms with E-state index in [1.165, 1.54) is 5.56 Å². The van der Waals surface area contributed by atoms with Gasteiger partial charge in [0.15, 0.2) is 0 Å². The highest BCUT2D eigenvalue weighted by molar-refractivity contribution is 5.83. The molecule has 1 aliphatic rings. The molecule has 0 amide bonds. The van der Waals surface area contributed by atoms with Gasteiger partial charge in [-0.25, -0.2) is 0 Å². The van der Waals surface area contributed by atoms with Gasteiger partial charge in [-0.15, -0.1) is 0 Å². The lowest BCUT2D eigenvalue weighted by Gasteiger charge is -2.21. The van der Waals surface area contributed by atoms with E-state index in [-0.39, 0.29) is 18.2 Å². The number of hydrogen-bond acceptors (Lipinski definition) is 3. The van der Waals surface area contributed by atoms with Gasteiger partial charge in [-0.05, 0) is 36.3 Å². The summed E-state index contributed by atoms with van der Waals surface area (Å²) in [5.74, 6) is 0. The van der Waals surface area contributed by atoms with Gasteiger partial charge in [0.1, 0.15) is 0 Å². The topological polar surface area (TPSA) is 68.2 Å². The molecule has 0 saturated carbocycles. The van der Waals surface area contributed by atoms with Crippen LogP contribution in [-0.4, -0.2) is 22.3 Å². The van der Waals surface area contributed by atoms with Gasteiger partial charge in [-0.2, -0.15) is 0 Å². The molecule has 1 unspecified atom stereocenters. The average Bonchev–Trinajstić information content (AvgIpc) is 2.44. The maximum atomic E-state index is 12.5. The minimum Gasteiger partial charge on any atom is -0.395 e. The zero-order valence-corrected chi connectivity index (χ0v) is 10.8. The third kappa shape index (κ3) is 2.07. The molecule has 2 aromatic rings. The van der Waals surface area contributed by atoms with E-state index in [1.807, 2.05) is 22.8 Å². The Morgan fingerprint density at radius 2 is 2.26 bits per heavy atom. The number of hydrogen-bond donors (Lipinski definition) is 2. The van der Waals surface area contributed by atoms with Crippen LogP contribution in [0, 0.1) is 0 Å². The Morgan fingerprint density at radius 3 is 3.05 bits per heavy atom. The Morgan fingerprint density at radius 1 is 1.42 bits per heavy atom. The second kappa shape index (κ2) is 4.79. The monoisotopic (exact) mass is 258 g/mol. The van der Waals surface area contributed by atoms with Gasteiger partial charge in [-0.3, -0.25) is 4.79 Å². The predicted molar refractivity (Wildman–Crippen MR) is 75.3 cm³/mol. The molecule has 0 fully saturated rings. The summed E-state index contributed by atoms with van der Waals surface area (Å²) in [6.45, 7) is 0.673. The number of rotatable bonds is 3. The van der Waals surface area contributed by atoms with E-state index in [0.717, 1.165) is 30.3 Å². The molecule has 0 aliphatic carbocycles. The van der Waals surface area contributed by atoms with Gasteiger partial charge in [0.25, 0.3) is 5.56 Å². The average molecular weight is 258 g/mol. The SMILES string of the molecule is NC(CO)Cc1cc2cccc3c2n(c1=O)CCC3. The molecular weight excluding hydrogens is 240 g/mol. The zero-order valence-electron chi connectivity index (χ0n) is 10.8. The van der Waals surface area contributed by atoms with Crippen LogP contribution in [0.3, 0.4) is 0 Å². The van der Waals surface area contributed by atoms with Crippen molar-refractivity contribution < 1.29 is 5.11 Å². The van der Waals surface area contributed by atoms with Crippen molar-refractivity contribution in [2.45, 2.75) is 31.8 Å². The highest BCUT2D eigenvalue weighted by atomic mass is 16.3. The van der Waals surface area contributed by atoms with E-state index in [0.29, 0.717) is 12.0 Å². The van der Waals surface area contributed by atoms with E-state index in [1.54, 1.807) is 0 Å². The first-order chi connectivity index (χ1) is 9.20. The Kier molecular flexibility index (Phi) is 3.12. The van der Waals surface area contributed by atoms with Crippen molar-refractivity contribution in [3.8, 4) is 0 Å². The summed E-state index contributed by atoms with van der Waals surface area (Å²) in [6, 6.07) is 7.72. The Labute approximate surface area is 111 Å². The molecule has 1 aliphatic heterocycles. The molecule has 19 heavy (non-hydrogen) atoms. The van der Waals surface area contributed by atoms with Crippen molar-refractivity contribution in [2.75, 3.05) is 6.61 Å². The van der Waals surface area contributed by atoms with Gasteiger partial charge >= 0.3 is 0 Å². The fraction of sp³-hybridized carbons (Fsp3) is 0.400. The smallest absolute Gasteiger partial charge is 0.254 e. The summed E-state index contributed by atoms with van der Waals surface area (Å²) in [6.07, 6.45) is 2.46. The van der Waals surface area contributed by atoms with Crippen LogP contribution in [0.4, 0.5) is 0 Å². The highest BCUT2D eigenvalue weighted by Gasteiger charge is 2.16. The van der Waals surface area contributed by atoms with Crippen LogP contribution < -0.4 is 11.3 Å². The van der Waals surface area contributed by atoms with Crippen molar-refractivity contribution in [1.29, 1.82) is 0 Å². The summed E-state index contributed by atoms with van der Waals surface area (Å²) in [5, 5.41) is 10.1. The largest absolute Gasteiger partial charge is 0.395 e. The van der Waals surface area contributed by atoms with Gasteiger partial charge in [0, 0.05) is 18.2 Å². The molecule has 3 rings (SSSR count). The van der Waals surface area contributed by atoms with E-state index in [9.17, 15) is 4.79 Å². The van der Waals surface area contributed by atoms with Crippen LogP contribution in [0.25, 0.3) is 10.9 Å². The van der Waals surface area contributed by atoms with Gasteiger partial charge < -0.3 is 15.4 Å². The van der Waals surface area contributed by atoms with Crippen LogP contribution >= 0.6 is 0 Å². The number of aryl methyl sites for hydroxylation is 2. The molecule has 0 bridgehead atoms. The lowest BCUT2D eigenvalue weighted by atomic mass is 9.98. The number of aromatic nitrogens is 1. The number of nitrogens with zero attached hydrogens (tertiary/aromatic N) is 1. The fourth-order valence-corrected chi connectivity index (χ4v) is 2.92. The number of benzene rings is 1. The third-order valence-corrected chi connectivity index (χ3v) is 3.81. The zero-order chi connectivity index (χ0) is 13.4. The molecule has 2 heterocycles. The second-order valence-corrected chi connectivity index (χ2v) is 5.23. The number of pyridine rings is 1. The number of aliphatic hydroxyl groups is 1. The molecule has 1 aromatic carbocycles. The van der Waals surface area contributed by atoms with Gasteiger partial charge in [0.05, 0.1) is 12.1 Å². The Balaban J connectivity index is 2.22. The molecule has 0 spiro atoms. The summed E-state index contributed by atoms with van der Waals surface area (Å²) < 4.78 is 1.87. The van der Waals surface area contributed by atoms with Crippen molar-refractivity contribution in [3.05, 3.63) is 45.7 Å². The van der Waals surface area contributed by atoms with Gasteiger partial charge in [-0.1, -0.05) is 18.2 Å². The lowest BCUT2D eigenvalue weighted by Crippen LogP contribution is -2.33. The molecule has 0 radical (unpaired) electrons. The number of para-hydroxylation sites is 1. The summed E-state index contributed by atoms with van der Waals surface area (Å²) in [5.41, 5.74) is 8.82. The molecule has 3 N–H and O–H groups in total. The maximum Gasteiger partial charge on any atom is 0.254 e. The molecular formula is C15H18N2O2. The minimum atomic E-state index is -0.371. The quantitative estimate of drug-likeness (QED) is 0.856. The van der Waals surface area contributed by atoms with E-state index in [4.69, 9.17) is 10.8 Å². The first kappa shape index (κ1) is 12.4. The van der Waals surface area contributed by atoms with Crippen molar-refractivity contribution in [3.63, 3.8) is 0 Å². The van der Waals surface area contributed by atoms with Crippen LogP contribution in [0.2, 0.25) is 0 Å². The first-order valence-electron chi connectivity index (χ1n) is 6.71. The van der Waals surface area contributed by atoms with E-state index < -0.39 is 0 Å². The van der Waals surface area contributed by atoms with E-state index in [2.05, 4.69) is 6.07 Å².